The van der Waals surface area contributed by atoms with Crippen LogP contribution in [0.5, 0.6) is 0 Å². The van der Waals surface area contributed by atoms with Crippen LogP contribution in [0.2, 0.25) is 0 Å². The molecule has 5 fully saturated rings. The minimum absolute atomic E-state index is 0.00710. The van der Waals surface area contributed by atoms with Gasteiger partial charge in [0.15, 0.2) is 0 Å². The maximum atomic E-state index is 14.5. The number of amides is 1. The molecule has 5 rings (SSSR count). The number of halogens is 1. The third kappa shape index (κ3) is 7.14. The second-order valence-electron chi connectivity index (χ2n) is 14.5. The number of methoxy groups -OCH3 is 1. The molecule has 0 aromatic heterocycles. The number of piperazine rings is 1. The van der Waals surface area contributed by atoms with Crippen LogP contribution in [-0.4, -0.2) is 111 Å². The number of nitrogens with zero attached hydrogens (tertiary/aromatic N) is 2. The van der Waals surface area contributed by atoms with Gasteiger partial charge >= 0.3 is 0 Å². The van der Waals surface area contributed by atoms with E-state index in [1.807, 2.05) is 0 Å². The first kappa shape index (κ1) is 32.9. The maximum Gasteiger partial charge on any atom is 0.227 e. The molecule has 42 heavy (non-hydrogen) atoms. The van der Waals surface area contributed by atoms with Crippen LogP contribution in [-0.2, 0) is 9.53 Å². The van der Waals surface area contributed by atoms with Crippen LogP contribution in [0.25, 0.3) is 0 Å². The van der Waals surface area contributed by atoms with Gasteiger partial charge in [0.25, 0.3) is 0 Å². The summed E-state index contributed by atoms with van der Waals surface area (Å²) in [7, 11) is 4.02. The molecular formula is C32H60ClN7O2. The molecule has 2 aliphatic carbocycles. The van der Waals surface area contributed by atoms with Gasteiger partial charge in [-0.25, -0.2) is 0 Å². The average molecular weight is 610 g/mol. The van der Waals surface area contributed by atoms with Crippen LogP contribution in [0.15, 0.2) is 0 Å². The Bertz CT molecular complexity index is 868. The standard InChI is InChI=1S/C32H60ClN7O2/c1-39-16-17-40(21-25(39)22-42-2)32(23-8-4-5-9-23)14-15-36-20-27(32)38-30(41)28(29(34)35)26-18-31(11-6-3-7-12-31)13-10-24(33)19-37-26/h23-29,36-37H,3-22,34-35H2,1-2H3,(H,38,41). The molecule has 5 aliphatic rings. The molecule has 6 atom stereocenters. The van der Waals surface area contributed by atoms with Crippen molar-refractivity contribution in [3.63, 3.8) is 0 Å². The SMILES string of the molecule is COCC1CN(C2(C3CCCC3)CCNCC2NC(=O)C(C(N)N)C2CC3(CCCCC3)CCC(Cl)CN2)CCN1C. The molecule has 10 heteroatoms. The van der Waals surface area contributed by atoms with Gasteiger partial charge in [0.05, 0.1) is 24.7 Å². The lowest BCUT2D eigenvalue weighted by molar-refractivity contribution is -0.131. The molecule has 3 aliphatic heterocycles. The Balaban J connectivity index is 1.40. The molecule has 1 spiro atoms. The van der Waals surface area contributed by atoms with Gasteiger partial charge < -0.3 is 32.2 Å². The van der Waals surface area contributed by atoms with E-state index in [2.05, 4.69) is 32.8 Å². The molecular weight excluding hydrogens is 550 g/mol. The summed E-state index contributed by atoms with van der Waals surface area (Å²) in [4.78, 5) is 19.7. The smallest absolute Gasteiger partial charge is 0.227 e. The van der Waals surface area contributed by atoms with E-state index in [-0.39, 0.29) is 34.3 Å². The molecule has 3 saturated heterocycles. The zero-order chi connectivity index (χ0) is 29.7. The predicted octanol–water partition coefficient (Wildman–Crippen LogP) is 2.22. The first-order valence-corrected chi connectivity index (χ1v) is 17.6. The summed E-state index contributed by atoms with van der Waals surface area (Å²) < 4.78 is 5.64. The Hall–Kier alpha value is -0.520. The number of nitrogens with one attached hydrogen (secondary N) is 3. The molecule has 9 nitrogen and oxygen atoms in total. The zero-order valence-corrected chi connectivity index (χ0v) is 27.2. The molecule has 2 saturated carbocycles. The van der Waals surface area contributed by atoms with E-state index in [9.17, 15) is 4.79 Å². The van der Waals surface area contributed by atoms with Gasteiger partial charge in [0, 0.05) is 62.8 Å². The van der Waals surface area contributed by atoms with Crippen LogP contribution in [0.1, 0.15) is 83.5 Å². The lowest BCUT2D eigenvalue weighted by Crippen LogP contribution is -2.75. The summed E-state index contributed by atoms with van der Waals surface area (Å²) in [6.45, 7) is 6.18. The summed E-state index contributed by atoms with van der Waals surface area (Å²) in [6.07, 6.45) is 14.7. The number of piperidine rings is 1. The highest BCUT2D eigenvalue weighted by atomic mass is 35.5. The Kier molecular flexibility index (Phi) is 11.5. The number of likely N-dealkylation sites (N-methyl/N-ethyl adjacent to an activating group) is 1. The Morgan fingerprint density at radius 3 is 2.52 bits per heavy atom. The zero-order valence-electron chi connectivity index (χ0n) is 26.4. The van der Waals surface area contributed by atoms with Crippen molar-refractivity contribution in [1.82, 2.24) is 25.8 Å². The lowest BCUT2D eigenvalue weighted by Gasteiger charge is -2.58. The van der Waals surface area contributed by atoms with Gasteiger partial charge in [0.2, 0.25) is 5.91 Å². The summed E-state index contributed by atoms with van der Waals surface area (Å²) in [5.74, 6) is 0.0880. The molecule has 0 aromatic carbocycles. The first-order valence-electron chi connectivity index (χ1n) is 17.1. The third-order valence-corrected chi connectivity index (χ3v) is 12.4. The monoisotopic (exact) mass is 609 g/mol. The largest absolute Gasteiger partial charge is 0.383 e. The summed E-state index contributed by atoms with van der Waals surface area (Å²) in [6, 6.07) is 0.289. The minimum Gasteiger partial charge on any atom is -0.383 e. The fraction of sp³-hybridized carbons (Fsp3) is 0.969. The van der Waals surface area contributed by atoms with Crippen LogP contribution in [0, 0.1) is 17.3 Å². The lowest BCUT2D eigenvalue weighted by atomic mass is 9.65. The van der Waals surface area contributed by atoms with E-state index in [1.54, 1.807) is 7.11 Å². The van der Waals surface area contributed by atoms with Crippen molar-refractivity contribution >= 4 is 17.5 Å². The summed E-state index contributed by atoms with van der Waals surface area (Å²) in [5.41, 5.74) is 13.2. The number of carbonyl (C=O) groups excluding carboxylic acids is 1. The summed E-state index contributed by atoms with van der Waals surface area (Å²) in [5, 5.41) is 11.1. The second kappa shape index (κ2) is 14.7. The topological polar surface area (TPSA) is 121 Å². The fourth-order valence-corrected chi connectivity index (χ4v) is 9.90. The molecule has 7 N–H and O–H groups in total. The van der Waals surface area contributed by atoms with Crippen molar-refractivity contribution in [2.75, 3.05) is 60.0 Å². The highest BCUT2D eigenvalue weighted by Gasteiger charge is 2.54. The van der Waals surface area contributed by atoms with Crippen molar-refractivity contribution in [3.8, 4) is 0 Å². The van der Waals surface area contributed by atoms with Crippen LogP contribution in [0.3, 0.4) is 0 Å². The third-order valence-electron chi connectivity index (χ3n) is 12.1. The fourth-order valence-electron chi connectivity index (χ4n) is 9.70. The Morgan fingerprint density at radius 1 is 1.05 bits per heavy atom. The highest BCUT2D eigenvalue weighted by molar-refractivity contribution is 6.20. The molecule has 1 amide bonds. The molecule has 3 heterocycles. The maximum absolute atomic E-state index is 14.5. The summed E-state index contributed by atoms with van der Waals surface area (Å²) >= 11 is 6.77. The van der Waals surface area contributed by atoms with Gasteiger partial charge in [-0.1, -0.05) is 32.1 Å². The van der Waals surface area contributed by atoms with E-state index in [1.165, 1.54) is 57.8 Å². The van der Waals surface area contributed by atoms with Crippen molar-refractivity contribution in [1.29, 1.82) is 0 Å². The average Bonchev–Trinajstić information content (AvgIpc) is 3.52. The first-order chi connectivity index (χ1) is 20.3. The van der Waals surface area contributed by atoms with Crippen LogP contribution in [0.4, 0.5) is 0 Å². The van der Waals surface area contributed by atoms with E-state index in [0.29, 0.717) is 18.5 Å². The Morgan fingerprint density at radius 2 is 1.81 bits per heavy atom. The van der Waals surface area contributed by atoms with E-state index in [4.69, 9.17) is 27.8 Å². The number of hydrogen-bond donors (Lipinski definition) is 5. The quantitative estimate of drug-likeness (QED) is 0.210. The number of ether oxygens (including phenoxy) is 1. The van der Waals surface area contributed by atoms with Crippen molar-refractivity contribution < 1.29 is 9.53 Å². The normalized spacial score (nSPS) is 36.5. The molecule has 0 aromatic rings. The van der Waals surface area contributed by atoms with Gasteiger partial charge in [-0.3, -0.25) is 14.6 Å². The van der Waals surface area contributed by atoms with Crippen LogP contribution >= 0.6 is 11.6 Å². The van der Waals surface area contributed by atoms with E-state index >= 15 is 0 Å². The van der Waals surface area contributed by atoms with Crippen molar-refractivity contribution in [2.45, 2.75) is 119 Å². The van der Waals surface area contributed by atoms with Crippen LogP contribution < -0.4 is 27.4 Å². The Labute approximate surface area is 259 Å². The molecule has 6 unspecified atom stereocenters. The second-order valence-corrected chi connectivity index (χ2v) is 15.2. The van der Waals surface area contributed by atoms with Gasteiger partial charge in [-0.2, -0.15) is 0 Å². The van der Waals surface area contributed by atoms with Gasteiger partial charge in [0.1, 0.15) is 0 Å². The van der Waals surface area contributed by atoms with Crippen molar-refractivity contribution in [2.24, 2.45) is 28.7 Å². The number of hydrogen-bond acceptors (Lipinski definition) is 8. The van der Waals surface area contributed by atoms with Gasteiger partial charge in [-0.05, 0) is 76.3 Å². The minimum atomic E-state index is -0.733. The van der Waals surface area contributed by atoms with E-state index in [0.717, 1.165) is 65.0 Å². The number of alkyl halides is 1. The van der Waals surface area contributed by atoms with Gasteiger partial charge in [-0.15, -0.1) is 11.6 Å². The highest BCUT2D eigenvalue weighted by Crippen LogP contribution is 2.47. The molecule has 0 radical (unpaired) electrons. The predicted molar refractivity (Wildman–Crippen MR) is 170 cm³/mol. The van der Waals surface area contributed by atoms with Crippen molar-refractivity contribution in [3.05, 3.63) is 0 Å². The molecule has 242 valence electrons. The molecule has 0 bridgehead atoms. The number of carbonyl (C=O) groups is 1. The van der Waals surface area contributed by atoms with E-state index < -0.39 is 12.1 Å². The number of rotatable bonds is 8. The number of nitrogens with two attached hydrogens (primary N) is 2.